The summed E-state index contributed by atoms with van der Waals surface area (Å²) in [4.78, 5) is 0. The van der Waals surface area contributed by atoms with Crippen LogP contribution in [0, 0.1) is 17.8 Å². The molecule has 3 rings (SSSR count). The van der Waals surface area contributed by atoms with E-state index in [0.29, 0.717) is 0 Å². The van der Waals surface area contributed by atoms with E-state index in [2.05, 4.69) is 53.7 Å². The second-order valence-electron chi connectivity index (χ2n) is 9.56. The summed E-state index contributed by atoms with van der Waals surface area (Å²) >= 11 is 0. The number of benzene rings is 2. The summed E-state index contributed by atoms with van der Waals surface area (Å²) in [7, 11) is 0. The number of rotatable bonds is 0. The Labute approximate surface area is 154 Å². The van der Waals surface area contributed by atoms with Crippen LogP contribution in [0.3, 0.4) is 0 Å². The number of aryl methyl sites for hydroxylation is 1. The van der Waals surface area contributed by atoms with Crippen molar-refractivity contribution in [3.8, 4) is 11.1 Å². The minimum Gasteiger partial charge on any atom is -0.166 e. The van der Waals surface area contributed by atoms with E-state index in [1.54, 1.807) is 6.07 Å². The van der Waals surface area contributed by atoms with E-state index in [-0.39, 0.29) is 16.2 Å². The van der Waals surface area contributed by atoms with Gasteiger partial charge >= 0.3 is 6.18 Å². The third kappa shape index (κ3) is 2.43. The molecule has 0 spiro atoms. The van der Waals surface area contributed by atoms with Crippen LogP contribution in [0.4, 0.5) is 13.2 Å². The predicted molar refractivity (Wildman–Crippen MR) is 101 cm³/mol. The monoisotopic (exact) mass is 360 g/mol. The molecule has 2 aromatic carbocycles. The number of fused-ring (bicyclic) bond motifs is 3. The van der Waals surface area contributed by atoms with Gasteiger partial charge in [0.1, 0.15) is 0 Å². The fourth-order valence-corrected chi connectivity index (χ4v) is 5.36. The van der Waals surface area contributed by atoms with Crippen molar-refractivity contribution in [3.63, 3.8) is 0 Å². The first-order chi connectivity index (χ1) is 11.7. The maximum Gasteiger partial charge on any atom is 0.416 e. The normalized spacial score (nSPS) is 16.4. The van der Waals surface area contributed by atoms with Crippen LogP contribution < -0.4 is 0 Å². The minimum absolute atomic E-state index is 0.166. The van der Waals surface area contributed by atoms with Crippen LogP contribution in [-0.4, -0.2) is 0 Å². The molecule has 0 radical (unpaired) electrons. The second kappa shape index (κ2) is 5.37. The zero-order valence-corrected chi connectivity index (χ0v) is 16.6. The maximum absolute atomic E-state index is 13.4. The Hall–Kier alpha value is -1.77. The van der Waals surface area contributed by atoms with Crippen LogP contribution in [0.1, 0.15) is 63.8 Å². The van der Waals surface area contributed by atoms with Gasteiger partial charge in [-0.15, -0.1) is 0 Å². The molecule has 0 unspecified atom stereocenters. The van der Waals surface area contributed by atoms with E-state index in [0.717, 1.165) is 27.8 Å². The highest BCUT2D eigenvalue weighted by Gasteiger charge is 2.57. The van der Waals surface area contributed by atoms with Crippen molar-refractivity contribution in [2.45, 2.75) is 60.1 Å². The van der Waals surface area contributed by atoms with Gasteiger partial charge in [-0.25, -0.2) is 0 Å². The van der Waals surface area contributed by atoms with Gasteiger partial charge in [-0.3, -0.25) is 0 Å². The Morgan fingerprint density at radius 1 is 0.692 bits per heavy atom. The Balaban J connectivity index is 2.49. The van der Waals surface area contributed by atoms with Crippen molar-refractivity contribution in [1.82, 2.24) is 0 Å². The SMILES string of the molecule is Cc1ccc2c(c1)-c1cc(C(F)(F)F)ccc1C2(C(C)(C)C)C(C)(C)C. The van der Waals surface area contributed by atoms with Crippen molar-refractivity contribution in [1.29, 1.82) is 0 Å². The van der Waals surface area contributed by atoms with E-state index < -0.39 is 11.7 Å². The van der Waals surface area contributed by atoms with Crippen LogP contribution in [0.25, 0.3) is 11.1 Å². The molecule has 140 valence electrons. The van der Waals surface area contributed by atoms with Gasteiger partial charge in [-0.2, -0.15) is 13.2 Å². The first kappa shape index (κ1) is 19.0. The third-order valence-electron chi connectivity index (χ3n) is 5.87. The standard InChI is InChI=1S/C23H27F3/c1-14-8-10-18-16(12-14)17-13-15(23(24,25)26)9-11-19(17)22(18,20(2,3)4)21(5,6)7/h8-13H,1-7H3. The van der Waals surface area contributed by atoms with Gasteiger partial charge in [0, 0.05) is 5.41 Å². The van der Waals surface area contributed by atoms with Gasteiger partial charge < -0.3 is 0 Å². The Bertz CT molecular complexity index is 844. The summed E-state index contributed by atoms with van der Waals surface area (Å²) < 4.78 is 40.1. The second-order valence-corrected chi connectivity index (χ2v) is 9.56. The smallest absolute Gasteiger partial charge is 0.166 e. The molecule has 0 amide bonds. The van der Waals surface area contributed by atoms with E-state index in [9.17, 15) is 13.2 Å². The molecule has 0 fully saturated rings. The topological polar surface area (TPSA) is 0 Å². The van der Waals surface area contributed by atoms with E-state index in [1.807, 2.05) is 13.0 Å². The highest BCUT2D eigenvalue weighted by Crippen LogP contribution is 2.64. The lowest BCUT2D eigenvalue weighted by Gasteiger charge is -2.53. The van der Waals surface area contributed by atoms with Crippen LogP contribution in [0.5, 0.6) is 0 Å². The van der Waals surface area contributed by atoms with Crippen LogP contribution in [0.2, 0.25) is 0 Å². The van der Waals surface area contributed by atoms with Crippen molar-refractivity contribution in [2.75, 3.05) is 0 Å². The lowest BCUT2D eigenvalue weighted by atomic mass is 9.50. The maximum atomic E-state index is 13.4. The van der Waals surface area contributed by atoms with Gasteiger partial charge in [0.15, 0.2) is 0 Å². The minimum atomic E-state index is -4.34. The summed E-state index contributed by atoms with van der Waals surface area (Å²) in [5, 5.41) is 0. The lowest BCUT2D eigenvalue weighted by Crippen LogP contribution is -2.49. The van der Waals surface area contributed by atoms with E-state index in [1.165, 1.54) is 12.1 Å². The number of hydrogen-bond donors (Lipinski definition) is 0. The summed E-state index contributed by atoms with van der Waals surface area (Å²) in [6, 6.07) is 10.5. The highest BCUT2D eigenvalue weighted by molar-refractivity contribution is 5.83. The van der Waals surface area contributed by atoms with Crippen molar-refractivity contribution < 1.29 is 13.2 Å². The zero-order chi connectivity index (χ0) is 19.7. The molecule has 3 heteroatoms. The first-order valence-electron chi connectivity index (χ1n) is 9.04. The summed E-state index contributed by atoms with van der Waals surface area (Å²) in [6.07, 6.45) is -4.34. The average molecular weight is 360 g/mol. The van der Waals surface area contributed by atoms with Gasteiger partial charge in [0.25, 0.3) is 0 Å². The van der Waals surface area contributed by atoms with Crippen molar-refractivity contribution in [3.05, 3.63) is 58.7 Å². The molecule has 2 aromatic rings. The molecule has 1 aliphatic rings. The molecule has 0 bridgehead atoms. The van der Waals surface area contributed by atoms with Crippen molar-refractivity contribution in [2.24, 2.45) is 10.8 Å². The Kier molecular flexibility index (Phi) is 3.93. The van der Waals surface area contributed by atoms with E-state index >= 15 is 0 Å². The highest BCUT2D eigenvalue weighted by atomic mass is 19.4. The van der Waals surface area contributed by atoms with Crippen molar-refractivity contribution >= 4 is 0 Å². The molecule has 26 heavy (non-hydrogen) atoms. The van der Waals surface area contributed by atoms with Gasteiger partial charge in [0.2, 0.25) is 0 Å². The number of halogens is 3. The van der Waals surface area contributed by atoms with Gasteiger partial charge in [-0.1, -0.05) is 71.4 Å². The molecule has 0 saturated carbocycles. The third-order valence-corrected chi connectivity index (χ3v) is 5.87. The molecule has 0 saturated heterocycles. The fourth-order valence-electron chi connectivity index (χ4n) is 5.36. The molecule has 0 N–H and O–H groups in total. The van der Waals surface area contributed by atoms with Crippen LogP contribution >= 0.6 is 0 Å². The Morgan fingerprint density at radius 2 is 1.15 bits per heavy atom. The largest absolute Gasteiger partial charge is 0.416 e. The zero-order valence-electron chi connectivity index (χ0n) is 16.6. The lowest BCUT2D eigenvalue weighted by molar-refractivity contribution is -0.137. The molecular weight excluding hydrogens is 333 g/mol. The van der Waals surface area contributed by atoms with Gasteiger partial charge in [0.05, 0.1) is 5.56 Å². The molecule has 0 atom stereocenters. The molecular formula is C23H27F3. The van der Waals surface area contributed by atoms with E-state index in [4.69, 9.17) is 0 Å². The quantitative estimate of drug-likeness (QED) is 0.460. The molecule has 0 heterocycles. The molecule has 1 aliphatic carbocycles. The van der Waals surface area contributed by atoms with Crippen LogP contribution in [0.15, 0.2) is 36.4 Å². The summed E-state index contributed by atoms with van der Waals surface area (Å²) in [5.41, 5.74) is 3.58. The fraction of sp³-hybridized carbons (Fsp3) is 0.478. The predicted octanol–water partition coefficient (Wildman–Crippen LogP) is 7.37. The molecule has 0 aromatic heterocycles. The first-order valence-corrected chi connectivity index (χ1v) is 9.04. The van der Waals surface area contributed by atoms with Crippen LogP contribution in [-0.2, 0) is 11.6 Å². The summed E-state index contributed by atoms with van der Waals surface area (Å²) in [6.45, 7) is 15.1. The average Bonchev–Trinajstić information content (AvgIpc) is 2.75. The number of hydrogen-bond acceptors (Lipinski definition) is 0. The Morgan fingerprint density at radius 3 is 1.62 bits per heavy atom. The van der Waals surface area contributed by atoms with Gasteiger partial charge in [-0.05, 0) is 52.1 Å². The molecule has 0 aliphatic heterocycles. The molecule has 0 nitrogen and oxygen atoms in total. The number of alkyl halides is 3. The summed E-state index contributed by atoms with van der Waals surface area (Å²) in [5.74, 6) is 0.